The van der Waals surface area contributed by atoms with Gasteiger partial charge in [0, 0.05) is 38.4 Å². The van der Waals surface area contributed by atoms with E-state index in [9.17, 15) is 9.32 Å². The Balaban J connectivity index is 2.08. The first-order valence-corrected chi connectivity index (χ1v) is 7.91. The summed E-state index contributed by atoms with van der Waals surface area (Å²) in [6.45, 7) is 0. The maximum Gasteiger partial charge on any atom is 0.0589 e. The van der Waals surface area contributed by atoms with Crippen LogP contribution in [0.15, 0.2) is 22.7 Å². The van der Waals surface area contributed by atoms with Gasteiger partial charge in [-0.05, 0) is 46.5 Å². The van der Waals surface area contributed by atoms with Crippen molar-refractivity contribution < 1.29 is 9.32 Å². The minimum absolute atomic E-state index is 0.0973. The van der Waals surface area contributed by atoms with Crippen LogP contribution in [0.5, 0.6) is 0 Å². The van der Waals surface area contributed by atoms with E-state index in [0.717, 1.165) is 16.5 Å². The molecule has 3 nitrogen and oxygen atoms in total. The molecule has 0 amide bonds. The van der Waals surface area contributed by atoms with Gasteiger partial charge in [0.1, 0.15) is 0 Å². The molecule has 2 rings (SSSR count). The van der Waals surface area contributed by atoms with Crippen molar-refractivity contribution in [2.45, 2.75) is 18.9 Å². The molecule has 17 heavy (non-hydrogen) atoms. The predicted octanol–water partition coefficient (Wildman–Crippen LogP) is 1.70. The van der Waals surface area contributed by atoms with Crippen molar-refractivity contribution in [2.75, 3.05) is 17.2 Å². The van der Waals surface area contributed by atoms with Crippen molar-refractivity contribution in [3.63, 3.8) is 0 Å². The third kappa shape index (κ3) is 3.30. The molecule has 3 atom stereocenters. The van der Waals surface area contributed by atoms with Gasteiger partial charge in [0.05, 0.1) is 6.10 Å². The Morgan fingerprint density at radius 3 is 3.00 bits per heavy atom. The minimum Gasteiger partial charge on any atom is -0.398 e. The van der Waals surface area contributed by atoms with Crippen LogP contribution in [0.3, 0.4) is 0 Å². The van der Waals surface area contributed by atoms with Crippen molar-refractivity contribution in [1.29, 1.82) is 0 Å². The SMILES string of the molecule is Nc1ccc(CC2CS(=O)CCC2O)cc1Br. The molecule has 3 unspecified atom stereocenters. The molecule has 0 spiro atoms. The Hall–Kier alpha value is -0.390. The topological polar surface area (TPSA) is 63.3 Å². The highest BCUT2D eigenvalue weighted by molar-refractivity contribution is 9.10. The van der Waals surface area contributed by atoms with E-state index in [4.69, 9.17) is 5.73 Å². The zero-order chi connectivity index (χ0) is 12.4. The van der Waals surface area contributed by atoms with E-state index in [1.807, 2.05) is 18.2 Å². The fourth-order valence-corrected chi connectivity index (χ4v) is 4.03. The molecule has 1 heterocycles. The highest BCUT2D eigenvalue weighted by atomic mass is 79.9. The Morgan fingerprint density at radius 2 is 2.29 bits per heavy atom. The lowest BCUT2D eigenvalue weighted by Crippen LogP contribution is -2.34. The summed E-state index contributed by atoms with van der Waals surface area (Å²) >= 11 is 3.39. The fourth-order valence-electron chi connectivity index (χ4n) is 2.12. The zero-order valence-corrected chi connectivity index (χ0v) is 11.8. The molecule has 0 aliphatic carbocycles. The molecule has 0 bridgehead atoms. The largest absolute Gasteiger partial charge is 0.398 e. The van der Waals surface area contributed by atoms with Crippen LogP contribution in [-0.2, 0) is 17.2 Å². The third-order valence-electron chi connectivity index (χ3n) is 3.15. The molecule has 1 aliphatic rings. The van der Waals surface area contributed by atoms with Gasteiger partial charge in [-0.15, -0.1) is 0 Å². The monoisotopic (exact) mass is 317 g/mol. The Morgan fingerprint density at radius 1 is 1.53 bits per heavy atom. The highest BCUT2D eigenvalue weighted by Gasteiger charge is 2.27. The number of nitrogen functional groups attached to an aromatic ring is 1. The first-order valence-electron chi connectivity index (χ1n) is 5.63. The first kappa shape index (κ1) is 13.1. The number of anilines is 1. The van der Waals surface area contributed by atoms with Crippen LogP contribution in [0.4, 0.5) is 5.69 Å². The number of nitrogens with two attached hydrogens (primary N) is 1. The highest BCUT2D eigenvalue weighted by Crippen LogP contribution is 2.25. The summed E-state index contributed by atoms with van der Waals surface area (Å²) in [6.07, 6.45) is 1.07. The van der Waals surface area contributed by atoms with Gasteiger partial charge in [0.2, 0.25) is 0 Å². The lowest BCUT2D eigenvalue weighted by molar-refractivity contribution is 0.111. The molecule has 1 fully saturated rings. The average molecular weight is 318 g/mol. The quantitative estimate of drug-likeness (QED) is 0.816. The van der Waals surface area contributed by atoms with Crippen LogP contribution in [0.2, 0.25) is 0 Å². The van der Waals surface area contributed by atoms with Crippen LogP contribution < -0.4 is 5.73 Å². The number of hydrogen-bond donors (Lipinski definition) is 2. The number of rotatable bonds is 2. The van der Waals surface area contributed by atoms with E-state index in [1.54, 1.807) is 0 Å². The van der Waals surface area contributed by atoms with Crippen LogP contribution in [-0.4, -0.2) is 26.9 Å². The number of hydrogen-bond acceptors (Lipinski definition) is 3. The Bertz CT molecular complexity index is 439. The van der Waals surface area contributed by atoms with E-state index in [2.05, 4.69) is 15.9 Å². The summed E-state index contributed by atoms with van der Waals surface area (Å²) in [6, 6.07) is 5.79. The van der Waals surface area contributed by atoms with E-state index in [-0.39, 0.29) is 12.0 Å². The van der Waals surface area contributed by atoms with Gasteiger partial charge < -0.3 is 10.8 Å². The number of benzene rings is 1. The smallest absolute Gasteiger partial charge is 0.0589 e. The maximum atomic E-state index is 11.5. The number of aliphatic hydroxyl groups is 1. The van der Waals surface area contributed by atoms with Gasteiger partial charge in [-0.2, -0.15) is 0 Å². The van der Waals surface area contributed by atoms with Crippen molar-refractivity contribution in [1.82, 2.24) is 0 Å². The summed E-state index contributed by atoms with van der Waals surface area (Å²) < 4.78 is 12.4. The van der Waals surface area contributed by atoms with Crippen LogP contribution in [0.25, 0.3) is 0 Å². The Kier molecular flexibility index (Phi) is 4.22. The molecule has 3 N–H and O–H groups in total. The third-order valence-corrected chi connectivity index (χ3v) is 5.33. The minimum atomic E-state index is -0.771. The summed E-state index contributed by atoms with van der Waals surface area (Å²) in [5.41, 5.74) is 7.56. The van der Waals surface area contributed by atoms with Gasteiger partial charge in [-0.1, -0.05) is 6.07 Å². The molecule has 1 saturated heterocycles. The molecule has 5 heteroatoms. The summed E-state index contributed by atoms with van der Waals surface area (Å²) in [4.78, 5) is 0. The number of aliphatic hydroxyl groups excluding tert-OH is 1. The van der Waals surface area contributed by atoms with E-state index < -0.39 is 10.8 Å². The molecule has 1 aromatic carbocycles. The van der Waals surface area contributed by atoms with Gasteiger partial charge in [0.25, 0.3) is 0 Å². The van der Waals surface area contributed by atoms with Crippen LogP contribution in [0.1, 0.15) is 12.0 Å². The summed E-state index contributed by atoms with van der Waals surface area (Å²) in [7, 11) is -0.771. The first-order chi connectivity index (χ1) is 8.06. The average Bonchev–Trinajstić information content (AvgIpc) is 2.29. The van der Waals surface area contributed by atoms with E-state index in [1.165, 1.54) is 0 Å². The van der Waals surface area contributed by atoms with E-state index in [0.29, 0.717) is 23.6 Å². The van der Waals surface area contributed by atoms with Crippen molar-refractivity contribution in [3.8, 4) is 0 Å². The number of halogens is 1. The van der Waals surface area contributed by atoms with Gasteiger partial charge in [0.15, 0.2) is 0 Å². The van der Waals surface area contributed by atoms with E-state index >= 15 is 0 Å². The molecule has 0 aromatic heterocycles. The van der Waals surface area contributed by atoms with Crippen molar-refractivity contribution >= 4 is 32.4 Å². The molecular formula is C12H16BrNO2S. The molecule has 1 aromatic rings. The predicted molar refractivity (Wildman–Crippen MR) is 74.2 cm³/mol. The zero-order valence-electron chi connectivity index (χ0n) is 9.43. The maximum absolute atomic E-state index is 11.5. The lowest BCUT2D eigenvalue weighted by atomic mass is 9.94. The standard InChI is InChI=1S/C12H16BrNO2S/c13-10-6-8(1-2-11(10)14)5-9-7-17(16)4-3-12(9)15/h1-2,6,9,12,15H,3-5,7,14H2. The van der Waals surface area contributed by atoms with Crippen molar-refractivity contribution in [3.05, 3.63) is 28.2 Å². The second-order valence-electron chi connectivity index (χ2n) is 4.49. The second kappa shape index (κ2) is 5.50. The molecule has 0 saturated carbocycles. The summed E-state index contributed by atoms with van der Waals surface area (Å²) in [5.74, 6) is 1.33. The molecule has 1 aliphatic heterocycles. The van der Waals surface area contributed by atoms with Crippen LogP contribution in [0, 0.1) is 5.92 Å². The Labute approximate surface area is 112 Å². The fraction of sp³-hybridized carbons (Fsp3) is 0.500. The lowest BCUT2D eigenvalue weighted by Gasteiger charge is -2.27. The molecule has 0 radical (unpaired) electrons. The van der Waals surface area contributed by atoms with Crippen LogP contribution >= 0.6 is 15.9 Å². The van der Waals surface area contributed by atoms with Gasteiger partial charge in [-0.3, -0.25) is 4.21 Å². The van der Waals surface area contributed by atoms with Gasteiger partial charge >= 0.3 is 0 Å². The molecule has 94 valence electrons. The summed E-state index contributed by atoms with van der Waals surface area (Å²) in [5, 5.41) is 9.90. The normalized spacial score (nSPS) is 29.2. The molecular weight excluding hydrogens is 302 g/mol. The second-order valence-corrected chi connectivity index (χ2v) is 6.96. The van der Waals surface area contributed by atoms with Crippen molar-refractivity contribution in [2.24, 2.45) is 5.92 Å². The van der Waals surface area contributed by atoms with Gasteiger partial charge in [-0.25, -0.2) is 0 Å².